The van der Waals surface area contributed by atoms with Gasteiger partial charge in [0.25, 0.3) is 10.1 Å². The highest BCUT2D eigenvalue weighted by Gasteiger charge is 2.17. The van der Waals surface area contributed by atoms with Crippen LogP contribution in [0.25, 0.3) is 0 Å². The summed E-state index contributed by atoms with van der Waals surface area (Å²) in [6.45, 7) is 0. The van der Waals surface area contributed by atoms with E-state index in [1.165, 1.54) is 0 Å². The third-order valence-corrected chi connectivity index (χ3v) is 3.79. The maximum atomic E-state index is 10.3. The van der Waals surface area contributed by atoms with Gasteiger partial charge in [0.1, 0.15) is 0 Å². The average molecular weight is 196 g/mol. The molecule has 1 aliphatic heterocycles. The molecule has 1 unspecified atom stereocenters. The van der Waals surface area contributed by atoms with Gasteiger partial charge in [-0.15, -0.1) is 0 Å². The molecular weight excluding hydrogens is 184 g/mol. The van der Waals surface area contributed by atoms with E-state index in [1.54, 1.807) is 0 Å². The van der Waals surface area contributed by atoms with Gasteiger partial charge in [-0.3, -0.25) is 4.55 Å². The molecule has 66 valence electrons. The van der Waals surface area contributed by atoms with E-state index in [0.717, 1.165) is 17.9 Å². The Hall–Kier alpha value is 0.260. The Kier molecular flexibility index (Phi) is 3.21. The summed E-state index contributed by atoms with van der Waals surface area (Å²) in [5, 5.41) is 0. The second kappa shape index (κ2) is 3.78. The third-order valence-electron chi connectivity index (χ3n) is 1.81. The molecule has 1 rings (SSSR count). The van der Waals surface area contributed by atoms with E-state index < -0.39 is 10.1 Å². The van der Waals surface area contributed by atoms with Gasteiger partial charge in [-0.05, 0) is 30.3 Å². The number of hydrogen-bond donors (Lipinski definition) is 1. The molecule has 1 fully saturated rings. The second-order valence-electron chi connectivity index (χ2n) is 2.80. The Morgan fingerprint density at radius 1 is 1.55 bits per heavy atom. The second-order valence-corrected chi connectivity index (χ2v) is 5.53. The minimum absolute atomic E-state index is 0.0712. The Morgan fingerprint density at radius 2 is 2.27 bits per heavy atom. The monoisotopic (exact) mass is 196 g/mol. The molecule has 11 heavy (non-hydrogen) atoms. The quantitative estimate of drug-likeness (QED) is 0.685. The molecule has 0 amide bonds. The molecule has 1 aliphatic rings. The highest BCUT2D eigenvalue weighted by Crippen LogP contribution is 2.26. The highest BCUT2D eigenvalue weighted by atomic mass is 32.2. The molecule has 0 bridgehead atoms. The molecule has 5 heteroatoms. The first-order valence-corrected chi connectivity index (χ1v) is 6.37. The van der Waals surface area contributed by atoms with Gasteiger partial charge in [-0.25, -0.2) is 0 Å². The standard InChI is InChI=1S/C6H12O3S2/c7-11(8,9)4-2-6-1-3-10-5-6/h6H,1-5H2,(H,7,8,9). The van der Waals surface area contributed by atoms with Crippen molar-refractivity contribution in [1.82, 2.24) is 0 Å². The summed E-state index contributed by atoms with van der Waals surface area (Å²) in [5.41, 5.74) is 0. The fourth-order valence-electron chi connectivity index (χ4n) is 1.13. The van der Waals surface area contributed by atoms with Gasteiger partial charge in [0.2, 0.25) is 0 Å². The Labute approximate surface area is 71.3 Å². The zero-order valence-corrected chi connectivity index (χ0v) is 7.83. The summed E-state index contributed by atoms with van der Waals surface area (Å²) in [5.74, 6) is 2.62. The van der Waals surface area contributed by atoms with Crippen molar-refractivity contribution in [3.63, 3.8) is 0 Å². The Morgan fingerprint density at radius 3 is 2.73 bits per heavy atom. The molecule has 0 saturated carbocycles. The van der Waals surface area contributed by atoms with Crippen molar-refractivity contribution in [2.24, 2.45) is 5.92 Å². The molecule has 1 atom stereocenters. The minimum Gasteiger partial charge on any atom is -0.286 e. The van der Waals surface area contributed by atoms with E-state index in [0.29, 0.717) is 12.3 Å². The normalized spacial score (nSPS) is 25.7. The van der Waals surface area contributed by atoms with Crippen LogP contribution >= 0.6 is 11.8 Å². The van der Waals surface area contributed by atoms with Crippen LogP contribution in [0, 0.1) is 5.92 Å². The first kappa shape index (κ1) is 9.35. The molecule has 3 nitrogen and oxygen atoms in total. The molecule has 1 heterocycles. The molecule has 1 N–H and O–H groups in total. The van der Waals surface area contributed by atoms with Gasteiger partial charge in [0.05, 0.1) is 5.75 Å². The van der Waals surface area contributed by atoms with E-state index >= 15 is 0 Å². The zero-order chi connectivity index (χ0) is 8.32. The van der Waals surface area contributed by atoms with Crippen LogP contribution in [0.4, 0.5) is 0 Å². The molecule has 0 spiro atoms. The van der Waals surface area contributed by atoms with Crippen molar-refractivity contribution >= 4 is 21.9 Å². The van der Waals surface area contributed by atoms with E-state index in [9.17, 15) is 8.42 Å². The fraction of sp³-hybridized carbons (Fsp3) is 1.00. The predicted octanol–water partition coefficient (Wildman–Crippen LogP) is 1.02. The predicted molar refractivity (Wildman–Crippen MR) is 46.5 cm³/mol. The average Bonchev–Trinajstić information content (AvgIpc) is 2.32. The lowest BCUT2D eigenvalue weighted by atomic mass is 10.1. The van der Waals surface area contributed by atoms with E-state index in [-0.39, 0.29) is 5.75 Å². The van der Waals surface area contributed by atoms with Crippen molar-refractivity contribution in [3.05, 3.63) is 0 Å². The third kappa shape index (κ3) is 3.98. The summed E-state index contributed by atoms with van der Waals surface area (Å²) in [4.78, 5) is 0. The van der Waals surface area contributed by atoms with Gasteiger partial charge in [-0.1, -0.05) is 0 Å². The van der Waals surface area contributed by atoms with Crippen molar-refractivity contribution in [1.29, 1.82) is 0 Å². The van der Waals surface area contributed by atoms with E-state index in [2.05, 4.69) is 0 Å². The van der Waals surface area contributed by atoms with Crippen LogP contribution in [-0.2, 0) is 10.1 Å². The van der Waals surface area contributed by atoms with Gasteiger partial charge in [0.15, 0.2) is 0 Å². The first-order chi connectivity index (χ1) is 5.08. The number of thioether (sulfide) groups is 1. The van der Waals surface area contributed by atoms with Crippen LogP contribution in [0.5, 0.6) is 0 Å². The van der Waals surface area contributed by atoms with Crippen LogP contribution in [0.3, 0.4) is 0 Å². The molecule has 1 saturated heterocycles. The van der Waals surface area contributed by atoms with E-state index in [4.69, 9.17) is 4.55 Å². The van der Waals surface area contributed by atoms with Gasteiger partial charge in [-0.2, -0.15) is 20.2 Å². The van der Waals surface area contributed by atoms with Crippen molar-refractivity contribution < 1.29 is 13.0 Å². The smallest absolute Gasteiger partial charge is 0.264 e. The van der Waals surface area contributed by atoms with Crippen LogP contribution in [0.15, 0.2) is 0 Å². The molecule has 0 aromatic heterocycles. The van der Waals surface area contributed by atoms with Crippen LogP contribution in [0.2, 0.25) is 0 Å². The topological polar surface area (TPSA) is 54.4 Å². The van der Waals surface area contributed by atoms with Gasteiger partial charge >= 0.3 is 0 Å². The molecular formula is C6H12O3S2. The van der Waals surface area contributed by atoms with Crippen molar-refractivity contribution in [2.75, 3.05) is 17.3 Å². The fourth-order valence-corrected chi connectivity index (χ4v) is 3.09. The molecule has 0 aromatic carbocycles. The van der Waals surface area contributed by atoms with Crippen LogP contribution in [0.1, 0.15) is 12.8 Å². The molecule has 0 radical (unpaired) electrons. The van der Waals surface area contributed by atoms with Gasteiger partial charge in [0, 0.05) is 0 Å². The van der Waals surface area contributed by atoms with Crippen LogP contribution < -0.4 is 0 Å². The van der Waals surface area contributed by atoms with Crippen molar-refractivity contribution in [3.8, 4) is 0 Å². The highest BCUT2D eigenvalue weighted by molar-refractivity contribution is 7.99. The Bertz CT molecular complexity index is 204. The molecule has 0 aliphatic carbocycles. The lowest BCUT2D eigenvalue weighted by Gasteiger charge is -2.04. The first-order valence-electron chi connectivity index (χ1n) is 3.61. The zero-order valence-electron chi connectivity index (χ0n) is 6.19. The SMILES string of the molecule is O=S(=O)(O)CCC1CCSC1. The maximum absolute atomic E-state index is 10.3. The van der Waals surface area contributed by atoms with E-state index in [1.807, 2.05) is 11.8 Å². The summed E-state index contributed by atoms with van der Waals surface area (Å²) in [6.07, 6.45) is 1.71. The minimum atomic E-state index is -3.72. The van der Waals surface area contributed by atoms with Gasteiger partial charge < -0.3 is 0 Å². The summed E-state index contributed by atoms with van der Waals surface area (Å²) < 4.78 is 29.1. The summed E-state index contributed by atoms with van der Waals surface area (Å²) in [6, 6.07) is 0. The van der Waals surface area contributed by atoms with Crippen molar-refractivity contribution in [2.45, 2.75) is 12.8 Å². The Balaban J connectivity index is 2.22. The summed E-state index contributed by atoms with van der Waals surface area (Å²) in [7, 11) is -3.72. The lowest BCUT2D eigenvalue weighted by Crippen LogP contribution is -2.09. The largest absolute Gasteiger partial charge is 0.286 e. The number of hydrogen-bond acceptors (Lipinski definition) is 3. The molecule has 0 aromatic rings. The van der Waals surface area contributed by atoms with Crippen LogP contribution in [-0.4, -0.2) is 30.2 Å². The summed E-state index contributed by atoms with van der Waals surface area (Å²) >= 11 is 1.86. The maximum Gasteiger partial charge on any atom is 0.264 e. The lowest BCUT2D eigenvalue weighted by molar-refractivity contribution is 0.471. The number of rotatable bonds is 3.